The number of hydrogen-bond acceptors (Lipinski definition) is 4. The van der Waals surface area contributed by atoms with Crippen LogP contribution in [0.15, 0.2) is 42.7 Å². The summed E-state index contributed by atoms with van der Waals surface area (Å²) in [5.74, 6) is -0.395. The van der Waals surface area contributed by atoms with E-state index in [4.69, 9.17) is 0 Å². The fraction of sp³-hybridized carbons (Fsp3) is 0.368. The highest BCUT2D eigenvalue weighted by molar-refractivity contribution is 5.78. The van der Waals surface area contributed by atoms with Crippen molar-refractivity contribution in [2.24, 2.45) is 5.92 Å². The Labute approximate surface area is 142 Å². The number of aromatic hydroxyl groups is 2. The monoisotopic (exact) mass is 328 g/mol. The summed E-state index contributed by atoms with van der Waals surface area (Å²) in [5, 5.41) is 18.9. The first-order chi connectivity index (χ1) is 11.5. The zero-order valence-corrected chi connectivity index (χ0v) is 14.1. The highest BCUT2D eigenvalue weighted by Gasteiger charge is 2.20. The van der Waals surface area contributed by atoms with Gasteiger partial charge in [0.05, 0.1) is 0 Å². The van der Waals surface area contributed by atoms with Crippen LogP contribution >= 0.6 is 0 Å². The van der Waals surface area contributed by atoms with Gasteiger partial charge in [-0.2, -0.15) is 0 Å². The molecule has 0 bridgehead atoms. The molecule has 1 amide bonds. The Morgan fingerprint density at radius 2 is 1.83 bits per heavy atom. The predicted molar refractivity (Wildman–Crippen MR) is 92.8 cm³/mol. The van der Waals surface area contributed by atoms with Gasteiger partial charge in [0.2, 0.25) is 5.91 Å². The van der Waals surface area contributed by atoms with Crippen molar-refractivity contribution >= 4 is 5.91 Å². The van der Waals surface area contributed by atoms with Gasteiger partial charge in [-0.15, -0.1) is 0 Å². The van der Waals surface area contributed by atoms with E-state index in [-0.39, 0.29) is 23.3 Å². The number of aromatic nitrogens is 1. The highest BCUT2D eigenvalue weighted by atomic mass is 16.3. The van der Waals surface area contributed by atoms with E-state index in [9.17, 15) is 15.0 Å². The third-order valence-corrected chi connectivity index (χ3v) is 4.12. The number of likely N-dealkylation sites (N-methyl/N-ethyl adjacent to an activating group) is 1. The number of pyridine rings is 1. The van der Waals surface area contributed by atoms with Crippen molar-refractivity contribution in [1.29, 1.82) is 0 Å². The van der Waals surface area contributed by atoms with Crippen LogP contribution < -0.4 is 0 Å². The number of amides is 1. The second-order valence-electron chi connectivity index (χ2n) is 5.95. The van der Waals surface area contributed by atoms with Crippen LogP contribution in [0, 0.1) is 5.92 Å². The van der Waals surface area contributed by atoms with Crippen LogP contribution in [0.5, 0.6) is 11.5 Å². The van der Waals surface area contributed by atoms with Gasteiger partial charge in [-0.1, -0.05) is 13.0 Å². The predicted octanol–water partition coefficient (Wildman–Crippen LogP) is 2.76. The summed E-state index contributed by atoms with van der Waals surface area (Å²) in [5.41, 5.74) is 1.99. The molecular weight excluding hydrogens is 304 g/mol. The number of nitrogens with zero attached hydrogens (tertiary/aromatic N) is 2. The molecule has 1 unspecified atom stereocenters. The molecule has 0 saturated heterocycles. The molecule has 1 aromatic carbocycles. The Morgan fingerprint density at radius 1 is 1.12 bits per heavy atom. The van der Waals surface area contributed by atoms with Gasteiger partial charge in [-0.05, 0) is 55.2 Å². The summed E-state index contributed by atoms with van der Waals surface area (Å²) in [6.45, 7) is 5.20. The Balaban J connectivity index is 1.95. The smallest absolute Gasteiger partial charge is 0.225 e. The Kier molecular flexibility index (Phi) is 6.18. The molecule has 1 heterocycles. The fourth-order valence-electron chi connectivity index (χ4n) is 2.69. The average molecular weight is 328 g/mol. The van der Waals surface area contributed by atoms with Crippen LogP contribution in [0.3, 0.4) is 0 Å². The van der Waals surface area contributed by atoms with Crippen LogP contribution in [0.2, 0.25) is 0 Å². The Hall–Kier alpha value is -2.56. The van der Waals surface area contributed by atoms with Crippen LogP contribution in [-0.2, 0) is 17.6 Å². The van der Waals surface area contributed by atoms with E-state index in [0.717, 1.165) is 17.5 Å². The molecule has 0 fully saturated rings. The van der Waals surface area contributed by atoms with Crippen LogP contribution in [0.25, 0.3) is 0 Å². The van der Waals surface area contributed by atoms with Crippen LogP contribution in [-0.4, -0.2) is 39.1 Å². The van der Waals surface area contributed by atoms with E-state index in [1.807, 2.05) is 30.9 Å². The SMILES string of the molecule is CCN(CCc1ccncc1)C(=O)C(C)Cc1ccc(O)c(O)c1. The van der Waals surface area contributed by atoms with Crippen LogP contribution in [0.4, 0.5) is 0 Å². The maximum atomic E-state index is 12.7. The minimum Gasteiger partial charge on any atom is -0.504 e. The molecular formula is C19H24N2O3. The van der Waals surface area contributed by atoms with E-state index in [2.05, 4.69) is 4.98 Å². The van der Waals surface area contributed by atoms with Gasteiger partial charge in [0.1, 0.15) is 0 Å². The first kappa shape index (κ1) is 17.8. The van der Waals surface area contributed by atoms with Crippen LogP contribution in [0.1, 0.15) is 25.0 Å². The lowest BCUT2D eigenvalue weighted by molar-refractivity contribution is -0.134. The van der Waals surface area contributed by atoms with Gasteiger partial charge in [-0.3, -0.25) is 9.78 Å². The lowest BCUT2D eigenvalue weighted by atomic mass is 9.99. The van der Waals surface area contributed by atoms with E-state index in [1.54, 1.807) is 18.5 Å². The summed E-state index contributed by atoms with van der Waals surface area (Å²) in [6.07, 6.45) is 4.84. The van der Waals surface area contributed by atoms with Gasteiger partial charge in [0.25, 0.3) is 0 Å². The lowest BCUT2D eigenvalue weighted by Crippen LogP contribution is -2.37. The van der Waals surface area contributed by atoms with E-state index < -0.39 is 0 Å². The minimum absolute atomic E-state index is 0.0964. The van der Waals surface area contributed by atoms with Gasteiger partial charge >= 0.3 is 0 Å². The number of phenols is 2. The number of rotatable bonds is 7. The lowest BCUT2D eigenvalue weighted by Gasteiger charge is -2.24. The molecule has 5 nitrogen and oxygen atoms in total. The number of benzene rings is 1. The van der Waals surface area contributed by atoms with E-state index >= 15 is 0 Å². The average Bonchev–Trinajstić information content (AvgIpc) is 2.59. The quantitative estimate of drug-likeness (QED) is 0.767. The summed E-state index contributed by atoms with van der Waals surface area (Å²) in [7, 11) is 0. The molecule has 0 aliphatic carbocycles. The molecule has 0 aliphatic heterocycles. The molecule has 0 radical (unpaired) electrons. The molecule has 5 heteroatoms. The van der Waals surface area contributed by atoms with Crippen molar-refractivity contribution in [2.45, 2.75) is 26.7 Å². The van der Waals surface area contributed by atoms with Gasteiger partial charge in [-0.25, -0.2) is 0 Å². The zero-order valence-electron chi connectivity index (χ0n) is 14.1. The second kappa shape index (κ2) is 8.34. The largest absolute Gasteiger partial charge is 0.504 e. The van der Waals surface area contributed by atoms with E-state index in [1.165, 1.54) is 12.1 Å². The molecule has 24 heavy (non-hydrogen) atoms. The summed E-state index contributed by atoms with van der Waals surface area (Å²) >= 11 is 0. The van der Waals surface area contributed by atoms with Gasteiger partial charge < -0.3 is 15.1 Å². The van der Waals surface area contributed by atoms with Crippen molar-refractivity contribution in [2.75, 3.05) is 13.1 Å². The molecule has 0 saturated carbocycles. The molecule has 0 aliphatic rings. The number of hydrogen-bond donors (Lipinski definition) is 2. The van der Waals surface area contributed by atoms with Crippen molar-refractivity contribution in [3.63, 3.8) is 0 Å². The van der Waals surface area contributed by atoms with Crippen molar-refractivity contribution < 1.29 is 15.0 Å². The second-order valence-corrected chi connectivity index (χ2v) is 5.95. The molecule has 2 N–H and O–H groups in total. The van der Waals surface area contributed by atoms with Gasteiger partial charge in [0.15, 0.2) is 11.5 Å². The number of phenolic OH excluding ortho intramolecular Hbond substituents is 2. The van der Waals surface area contributed by atoms with Crippen molar-refractivity contribution in [3.8, 4) is 11.5 Å². The molecule has 0 spiro atoms. The van der Waals surface area contributed by atoms with E-state index in [0.29, 0.717) is 19.5 Å². The number of carbonyl (C=O) groups excluding carboxylic acids is 1. The summed E-state index contributed by atoms with van der Waals surface area (Å²) in [4.78, 5) is 18.5. The van der Waals surface area contributed by atoms with Crippen molar-refractivity contribution in [1.82, 2.24) is 9.88 Å². The molecule has 1 aromatic heterocycles. The molecule has 1 atom stereocenters. The zero-order chi connectivity index (χ0) is 17.5. The highest BCUT2D eigenvalue weighted by Crippen LogP contribution is 2.26. The Morgan fingerprint density at radius 3 is 2.46 bits per heavy atom. The van der Waals surface area contributed by atoms with Crippen molar-refractivity contribution in [3.05, 3.63) is 53.9 Å². The molecule has 128 valence electrons. The third-order valence-electron chi connectivity index (χ3n) is 4.12. The summed E-state index contributed by atoms with van der Waals surface area (Å²) in [6, 6.07) is 8.60. The topological polar surface area (TPSA) is 73.7 Å². The summed E-state index contributed by atoms with van der Waals surface area (Å²) < 4.78 is 0. The maximum Gasteiger partial charge on any atom is 0.225 e. The fourth-order valence-corrected chi connectivity index (χ4v) is 2.69. The minimum atomic E-state index is -0.189. The number of carbonyl (C=O) groups is 1. The molecule has 2 rings (SSSR count). The normalized spacial score (nSPS) is 11.9. The maximum absolute atomic E-state index is 12.7. The first-order valence-electron chi connectivity index (χ1n) is 8.19. The third kappa shape index (κ3) is 4.72. The first-order valence-corrected chi connectivity index (χ1v) is 8.19. The molecule has 2 aromatic rings. The van der Waals surface area contributed by atoms with Gasteiger partial charge in [0, 0.05) is 31.4 Å². The Bertz CT molecular complexity index is 674. The standard InChI is InChI=1S/C19H24N2O3/c1-3-21(11-8-15-6-9-20-10-7-15)19(24)14(2)12-16-4-5-17(22)18(23)13-16/h4-7,9-10,13-14,22-23H,3,8,11-12H2,1-2H3.